The van der Waals surface area contributed by atoms with Crippen LogP contribution in [0.25, 0.3) is 5.69 Å². The zero-order chi connectivity index (χ0) is 21.0. The lowest BCUT2D eigenvalue weighted by atomic mass is 10.2. The van der Waals surface area contributed by atoms with Gasteiger partial charge < -0.3 is 9.30 Å². The first-order valence-electron chi connectivity index (χ1n) is 8.70. The zero-order valence-electron chi connectivity index (χ0n) is 15.7. The van der Waals surface area contributed by atoms with Gasteiger partial charge in [-0.15, -0.1) is 0 Å². The number of hydrogen-bond donors (Lipinski definition) is 1. The van der Waals surface area contributed by atoms with E-state index < -0.39 is 5.91 Å². The Kier molecular flexibility index (Phi) is 6.85. The van der Waals surface area contributed by atoms with Crippen LogP contribution in [0.4, 0.5) is 0 Å². The number of hydrogen-bond acceptors (Lipinski definition) is 3. The molecule has 0 saturated carbocycles. The Labute approximate surface area is 183 Å². The monoisotopic (exact) mass is 449 g/mol. The second kappa shape index (κ2) is 9.35. The molecule has 0 bridgehead atoms. The maximum Gasteiger partial charge on any atom is 0.277 e. The summed E-state index contributed by atoms with van der Waals surface area (Å²) in [5.74, 6) is 0.0445. The zero-order valence-corrected chi connectivity index (χ0v) is 18.0. The van der Waals surface area contributed by atoms with Gasteiger partial charge in [0.15, 0.2) is 6.61 Å². The van der Waals surface area contributed by atoms with Crippen LogP contribution in [-0.2, 0) is 4.79 Å². The summed E-state index contributed by atoms with van der Waals surface area (Å²) < 4.78 is 7.37. The molecular weight excluding hydrogens is 433 g/mol. The predicted molar refractivity (Wildman–Crippen MR) is 118 cm³/mol. The van der Waals surface area contributed by atoms with Crippen LogP contribution < -0.4 is 10.2 Å². The minimum Gasteiger partial charge on any atom is -0.482 e. The Morgan fingerprint density at radius 2 is 1.86 bits per heavy atom. The maximum atomic E-state index is 11.9. The van der Waals surface area contributed by atoms with Gasteiger partial charge in [-0.3, -0.25) is 4.79 Å². The molecule has 1 N–H and O–H groups in total. The number of carbonyl (C=O) groups is 1. The van der Waals surface area contributed by atoms with E-state index in [1.165, 1.54) is 0 Å². The summed E-state index contributed by atoms with van der Waals surface area (Å²) in [6.45, 7) is 3.70. The van der Waals surface area contributed by atoms with Gasteiger partial charge in [-0.1, -0.05) is 46.9 Å². The van der Waals surface area contributed by atoms with Crippen LogP contribution in [0, 0.1) is 13.8 Å². The molecule has 1 aromatic heterocycles. The largest absolute Gasteiger partial charge is 0.482 e. The van der Waals surface area contributed by atoms with Gasteiger partial charge in [-0.2, -0.15) is 5.10 Å². The first kappa shape index (κ1) is 21.2. The first-order valence-corrected chi connectivity index (χ1v) is 9.84. The molecule has 8 heteroatoms. The minimum absolute atomic E-state index is 0.196. The molecule has 0 fully saturated rings. The molecule has 0 aliphatic carbocycles. The molecule has 29 heavy (non-hydrogen) atoms. The van der Waals surface area contributed by atoms with Crippen molar-refractivity contribution in [3.8, 4) is 11.4 Å². The van der Waals surface area contributed by atoms with Crippen LogP contribution in [0.15, 0.2) is 53.6 Å². The molecule has 0 radical (unpaired) electrons. The molecule has 0 unspecified atom stereocenters. The summed E-state index contributed by atoms with van der Waals surface area (Å²) >= 11 is 18.4. The number of amides is 1. The summed E-state index contributed by atoms with van der Waals surface area (Å²) in [5, 5.41) is 5.64. The number of rotatable bonds is 6. The highest BCUT2D eigenvalue weighted by atomic mass is 35.5. The van der Waals surface area contributed by atoms with Crippen molar-refractivity contribution in [2.75, 3.05) is 6.61 Å². The fourth-order valence-corrected chi connectivity index (χ4v) is 3.42. The topological polar surface area (TPSA) is 55.6 Å². The van der Waals surface area contributed by atoms with Crippen LogP contribution in [0.5, 0.6) is 5.75 Å². The van der Waals surface area contributed by atoms with Crippen molar-refractivity contribution in [1.29, 1.82) is 0 Å². The number of para-hydroxylation sites is 1. The van der Waals surface area contributed by atoms with Crippen molar-refractivity contribution >= 4 is 46.9 Å². The second-order valence-corrected chi connectivity index (χ2v) is 7.52. The van der Waals surface area contributed by atoms with E-state index >= 15 is 0 Å². The van der Waals surface area contributed by atoms with Crippen LogP contribution in [0.2, 0.25) is 15.1 Å². The van der Waals surface area contributed by atoms with E-state index in [0.717, 1.165) is 22.6 Å². The van der Waals surface area contributed by atoms with Gasteiger partial charge in [-0.05, 0) is 50.2 Å². The van der Waals surface area contributed by atoms with Crippen LogP contribution in [-0.4, -0.2) is 23.3 Å². The van der Waals surface area contributed by atoms with E-state index in [9.17, 15) is 4.79 Å². The highest BCUT2D eigenvalue weighted by Crippen LogP contribution is 2.28. The SMILES string of the molecule is Cc1cc(/C=N\NC(=O)COc2ccccc2Cl)c(C)n1-c1cc(Cl)ccc1Cl. The van der Waals surface area contributed by atoms with Gasteiger partial charge in [0.1, 0.15) is 5.75 Å². The number of halogens is 3. The highest BCUT2D eigenvalue weighted by Gasteiger charge is 2.13. The number of carbonyl (C=O) groups excluding carboxylic acids is 1. The minimum atomic E-state index is -0.395. The maximum absolute atomic E-state index is 11.9. The molecule has 3 aromatic rings. The Balaban J connectivity index is 1.68. The quantitative estimate of drug-likeness (QED) is 0.393. The lowest BCUT2D eigenvalue weighted by Gasteiger charge is -2.12. The molecule has 0 spiro atoms. The molecule has 2 aromatic carbocycles. The molecule has 5 nitrogen and oxygen atoms in total. The summed E-state index contributed by atoms with van der Waals surface area (Å²) in [6.07, 6.45) is 1.57. The average Bonchev–Trinajstić information content (AvgIpc) is 2.96. The fraction of sp³-hybridized carbons (Fsp3) is 0.143. The molecule has 0 aliphatic rings. The summed E-state index contributed by atoms with van der Waals surface area (Å²) in [5.41, 5.74) is 5.94. The van der Waals surface area contributed by atoms with Crippen molar-refractivity contribution in [2.24, 2.45) is 5.10 Å². The normalized spacial score (nSPS) is 11.1. The average molecular weight is 451 g/mol. The van der Waals surface area contributed by atoms with Gasteiger partial charge in [0, 0.05) is 22.0 Å². The van der Waals surface area contributed by atoms with Gasteiger partial charge in [0.2, 0.25) is 0 Å². The summed E-state index contributed by atoms with van der Waals surface area (Å²) in [6, 6.07) is 14.2. The Morgan fingerprint density at radius 3 is 2.62 bits per heavy atom. The number of nitrogens with one attached hydrogen (secondary N) is 1. The van der Waals surface area contributed by atoms with Gasteiger partial charge >= 0.3 is 0 Å². The van der Waals surface area contributed by atoms with Crippen molar-refractivity contribution in [1.82, 2.24) is 9.99 Å². The fourth-order valence-electron chi connectivity index (χ4n) is 2.86. The van der Waals surface area contributed by atoms with Crippen molar-refractivity contribution in [3.05, 3.63) is 80.6 Å². The number of nitrogens with zero attached hydrogens (tertiary/aromatic N) is 2. The summed E-state index contributed by atoms with van der Waals surface area (Å²) in [4.78, 5) is 11.9. The van der Waals surface area contributed by atoms with E-state index in [0.29, 0.717) is 20.8 Å². The van der Waals surface area contributed by atoms with Crippen molar-refractivity contribution in [3.63, 3.8) is 0 Å². The number of aryl methyl sites for hydroxylation is 1. The first-order chi connectivity index (χ1) is 13.9. The van der Waals surface area contributed by atoms with Crippen LogP contribution >= 0.6 is 34.8 Å². The van der Waals surface area contributed by atoms with Crippen LogP contribution in [0.1, 0.15) is 17.0 Å². The lowest BCUT2D eigenvalue weighted by molar-refractivity contribution is -0.123. The van der Waals surface area contributed by atoms with Crippen LogP contribution in [0.3, 0.4) is 0 Å². The number of aromatic nitrogens is 1. The van der Waals surface area contributed by atoms with E-state index in [2.05, 4.69) is 10.5 Å². The second-order valence-electron chi connectivity index (χ2n) is 6.27. The van der Waals surface area contributed by atoms with E-state index in [1.807, 2.05) is 24.5 Å². The third-order valence-electron chi connectivity index (χ3n) is 4.21. The van der Waals surface area contributed by atoms with Gasteiger partial charge in [0.05, 0.1) is 21.9 Å². The van der Waals surface area contributed by atoms with Gasteiger partial charge in [-0.25, -0.2) is 5.43 Å². The van der Waals surface area contributed by atoms with Crippen molar-refractivity contribution in [2.45, 2.75) is 13.8 Å². The standard InChI is InChI=1S/C21H18Cl3N3O2/c1-13-9-15(14(2)27(13)19-10-16(22)7-8-17(19)23)11-25-26-21(28)12-29-20-6-4-3-5-18(20)24/h3-11H,12H2,1-2H3,(H,26,28)/b25-11-. The van der Waals surface area contributed by atoms with E-state index in [4.69, 9.17) is 39.5 Å². The third-order valence-corrected chi connectivity index (χ3v) is 5.07. The molecule has 0 saturated heterocycles. The molecule has 150 valence electrons. The third kappa shape index (κ3) is 5.12. The van der Waals surface area contributed by atoms with Crippen molar-refractivity contribution < 1.29 is 9.53 Å². The number of ether oxygens (including phenoxy) is 1. The molecule has 3 rings (SSSR count). The predicted octanol–water partition coefficient (Wildman–Crippen LogP) is 5.58. The highest BCUT2D eigenvalue weighted by molar-refractivity contribution is 6.34. The molecule has 1 heterocycles. The summed E-state index contributed by atoms with van der Waals surface area (Å²) in [7, 11) is 0. The smallest absolute Gasteiger partial charge is 0.277 e. The molecule has 1 amide bonds. The number of hydrazone groups is 1. The van der Waals surface area contributed by atoms with E-state index in [1.54, 1.807) is 48.7 Å². The number of benzene rings is 2. The Morgan fingerprint density at radius 1 is 1.10 bits per heavy atom. The molecule has 0 aliphatic heterocycles. The molecule has 0 atom stereocenters. The Hall–Kier alpha value is -2.47. The Bertz CT molecular complexity index is 1080. The van der Waals surface area contributed by atoms with Gasteiger partial charge in [0.25, 0.3) is 5.91 Å². The molecular formula is C21H18Cl3N3O2. The van der Waals surface area contributed by atoms with E-state index in [-0.39, 0.29) is 6.61 Å². The lowest BCUT2D eigenvalue weighted by Crippen LogP contribution is -2.24.